The van der Waals surface area contributed by atoms with Crippen molar-refractivity contribution in [3.8, 4) is 0 Å². The Morgan fingerprint density at radius 1 is 1.23 bits per heavy atom. The van der Waals surface area contributed by atoms with Crippen LogP contribution in [0.5, 0.6) is 0 Å². The highest BCUT2D eigenvalue weighted by atomic mass is 19.4. The number of amides is 1. The molecule has 0 radical (unpaired) electrons. The van der Waals surface area contributed by atoms with Gasteiger partial charge < -0.3 is 16.0 Å². The van der Waals surface area contributed by atoms with Crippen molar-refractivity contribution in [3.63, 3.8) is 0 Å². The van der Waals surface area contributed by atoms with E-state index in [4.69, 9.17) is 5.73 Å². The second-order valence-electron chi connectivity index (χ2n) is 7.82. The van der Waals surface area contributed by atoms with Crippen molar-refractivity contribution in [3.05, 3.63) is 29.8 Å². The number of carbonyl (C=O) groups excluding carboxylic acids is 1. The minimum absolute atomic E-state index is 0.00351. The number of alkyl halides is 3. The van der Waals surface area contributed by atoms with Gasteiger partial charge in [-0.25, -0.2) is 0 Å². The number of halogens is 3. The summed E-state index contributed by atoms with van der Waals surface area (Å²) >= 11 is 0. The molecule has 1 aliphatic carbocycles. The van der Waals surface area contributed by atoms with Crippen LogP contribution in [0, 0.1) is 17.8 Å². The number of nitrogens with one attached hydrogen (secondary N) is 1. The van der Waals surface area contributed by atoms with E-state index in [1.807, 2.05) is 0 Å². The average molecular weight is 367 g/mol. The van der Waals surface area contributed by atoms with E-state index in [0.717, 1.165) is 32.0 Å². The Balaban J connectivity index is 1.80. The summed E-state index contributed by atoms with van der Waals surface area (Å²) < 4.78 is 40.8. The molecule has 2 heterocycles. The van der Waals surface area contributed by atoms with E-state index in [9.17, 15) is 18.0 Å². The van der Waals surface area contributed by atoms with E-state index < -0.39 is 23.2 Å². The first-order chi connectivity index (χ1) is 12.4. The summed E-state index contributed by atoms with van der Waals surface area (Å²) in [4.78, 5) is 14.4. The van der Waals surface area contributed by atoms with E-state index in [1.54, 1.807) is 11.0 Å². The Morgan fingerprint density at radius 2 is 2.00 bits per heavy atom. The molecule has 0 bridgehead atoms. The van der Waals surface area contributed by atoms with Gasteiger partial charge in [-0.15, -0.1) is 0 Å². The van der Waals surface area contributed by atoms with Crippen LogP contribution in [0.2, 0.25) is 0 Å². The number of nitrogens with two attached hydrogens (primary N) is 1. The quantitative estimate of drug-likeness (QED) is 0.864. The van der Waals surface area contributed by atoms with Crippen LogP contribution in [0.3, 0.4) is 0 Å². The predicted octanol–water partition coefficient (Wildman–Crippen LogP) is 2.78. The molecule has 4 rings (SSSR count). The summed E-state index contributed by atoms with van der Waals surface area (Å²) in [5.41, 5.74) is 4.28. The molecule has 3 unspecified atom stereocenters. The van der Waals surface area contributed by atoms with Gasteiger partial charge in [-0.2, -0.15) is 13.2 Å². The van der Waals surface area contributed by atoms with Crippen LogP contribution in [0.25, 0.3) is 0 Å². The number of hydrogen-bond acceptors (Lipinski definition) is 3. The Bertz CT molecular complexity index is 708. The van der Waals surface area contributed by atoms with Crippen molar-refractivity contribution in [2.24, 2.45) is 23.5 Å². The van der Waals surface area contributed by atoms with Crippen LogP contribution in [-0.4, -0.2) is 31.1 Å². The van der Waals surface area contributed by atoms with Gasteiger partial charge in [0.25, 0.3) is 0 Å². The number of rotatable bonds is 3. The lowest BCUT2D eigenvalue weighted by Gasteiger charge is -2.44. The van der Waals surface area contributed by atoms with E-state index in [1.165, 1.54) is 12.1 Å². The van der Waals surface area contributed by atoms with Crippen LogP contribution < -0.4 is 16.0 Å². The van der Waals surface area contributed by atoms with Crippen LogP contribution >= 0.6 is 0 Å². The standard InChI is InChI=1S/C19H24F3N3O/c20-19(21,22)15-4-1-2-5-16(15)25-9-3-8-18(25,17(23)26)14-7-6-12-10-24-11-13(12)14/h1-2,4-5,12-14,24H,3,6-11H2,(H2,23,26)/t12?,13?,14?,18-/m1/s1. The second kappa shape index (κ2) is 6.15. The molecule has 1 aromatic rings. The van der Waals surface area contributed by atoms with Crippen molar-refractivity contribution >= 4 is 11.6 Å². The number of primary amides is 1. The summed E-state index contributed by atoms with van der Waals surface area (Å²) in [5, 5.41) is 3.37. The van der Waals surface area contributed by atoms with Crippen molar-refractivity contribution in [1.29, 1.82) is 0 Å². The molecule has 26 heavy (non-hydrogen) atoms. The minimum atomic E-state index is -4.46. The molecule has 0 spiro atoms. The highest BCUT2D eigenvalue weighted by molar-refractivity contribution is 5.90. The van der Waals surface area contributed by atoms with Gasteiger partial charge in [0, 0.05) is 12.2 Å². The maximum Gasteiger partial charge on any atom is 0.418 e. The molecule has 2 aliphatic heterocycles. The molecular formula is C19H24F3N3O. The fourth-order valence-electron chi connectivity index (χ4n) is 5.69. The lowest BCUT2D eigenvalue weighted by Crippen LogP contribution is -2.60. The topological polar surface area (TPSA) is 58.4 Å². The maximum absolute atomic E-state index is 13.6. The van der Waals surface area contributed by atoms with Crippen LogP contribution in [0.4, 0.5) is 18.9 Å². The number of anilines is 1. The number of nitrogens with zero attached hydrogens (tertiary/aromatic N) is 1. The molecular weight excluding hydrogens is 343 g/mol. The van der Waals surface area contributed by atoms with Gasteiger partial charge in [0.1, 0.15) is 5.54 Å². The first-order valence-corrected chi connectivity index (χ1v) is 9.30. The molecule has 1 amide bonds. The number of fused-ring (bicyclic) bond motifs is 1. The largest absolute Gasteiger partial charge is 0.418 e. The minimum Gasteiger partial charge on any atom is -0.368 e. The van der Waals surface area contributed by atoms with Crippen molar-refractivity contribution in [2.45, 2.75) is 37.4 Å². The number of para-hydroxylation sites is 1. The van der Waals surface area contributed by atoms with Gasteiger partial charge in [0.05, 0.1) is 5.56 Å². The predicted molar refractivity (Wildman–Crippen MR) is 92.5 cm³/mol. The van der Waals surface area contributed by atoms with Gasteiger partial charge in [0.15, 0.2) is 0 Å². The van der Waals surface area contributed by atoms with Crippen LogP contribution in [0.15, 0.2) is 24.3 Å². The van der Waals surface area contributed by atoms with E-state index in [-0.39, 0.29) is 11.6 Å². The summed E-state index contributed by atoms with van der Waals surface area (Å²) in [5.74, 6) is 0.325. The monoisotopic (exact) mass is 367 g/mol. The molecule has 1 aromatic carbocycles. The normalized spacial score (nSPS) is 34.3. The molecule has 2 saturated heterocycles. The zero-order chi connectivity index (χ0) is 18.5. The lowest BCUT2D eigenvalue weighted by atomic mass is 9.73. The molecule has 142 valence electrons. The SMILES string of the molecule is NC(=O)[C@]1(C2CCC3CNCC32)CCCN1c1ccccc1C(F)(F)F. The number of carbonyl (C=O) groups is 1. The molecule has 0 aromatic heterocycles. The van der Waals surface area contributed by atoms with Crippen LogP contribution in [0.1, 0.15) is 31.2 Å². The zero-order valence-corrected chi connectivity index (χ0v) is 14.6. The second-order valence-corrected chi connectivity index (χ2v) is 7.82. The summed E-state index contributed by atoms with van der Waals surface area (Å²) in [6.45, 7) is 2.17. The smallest absolute Gasteiger partial charge is 0.368 e. The zero-order valence-electron chi connectivity index (χ0n) is 14.6. The fraction of sp³-hybridized carbons (Fsp3) is 0.632. The Morgan fingerprint density at radius 3 is 2.73 bits per heavy atom. The molecule has 3 N–H and O–H groups in total. The molecule has 1 saturated carbocycles. The molecule has 7 heteroatoms. The van der Waals surface area contributed by atoms with E-state index in [0.29, 0.717) is 31.2 Å². The Labute approximate surface area is 150 Å². The summed E-state index contributed by atoms with van der Waals surface area (Å²) in [6.07, 6.45) is -1.40. The van der Waals surface area contributed by atoms with E-state index >= 15 is 0 Å². The molecule has 4 nitrogen and oxygen atoms in total. The van der Waals surface area contributed by atoms with Crippen molar-refractivity contribution in [2.75, 3.05) is 24.5 Å². The first-order valence-electron chi connectivity index (χ1n) is 9.30. The molecule has 3 aliphatic rings. The fourth-order valence-corrected chi connectivity index (χ4v) is 5.69. The molecule has 4 atom stereocenters. The number of hydrogen-bond donors (Lipinski definition) is 2. The Kier molecular flexibility index (Phi) is 4.17. The van der Waals surface area contributed by atoms with Gasteiger partial charge in [-0.1, -0.05) is 12.1 Å². The van der Waals surface area contributed by atoms with Gasteiger partial charge in [0.2, 0.25) is 5.91 Å². The van der Waals surface area contributed by atoms with Crippen molar-refractivity contribution < 1.29 is 18.0 Å². The highest BCUT2D eigenvalue weighted by Gasteiger charge is 2.58. The maximum atomic E-state index is 13.6. The highest BCUT2D eigenvalue weighted by Crippen LogP contribution is 2.52. The van der Waals surface area contributed by atoms with Gasteiger partial charge >= 0.3 is 6.18 Å². The number of benzene rings is 1. The first kappa shape index (κ1) is 17.6. The third kappa shape index (κ3) is 2.51. The van der Waals surface area contributed by atoms with Crippen LogP contribution in [-0.2, 0) is 11.0 Å². The average Bonchev–Trinajstić information content (AvgIpc) is 3.29. The summed E-state index contributed by atoms with van der Waals surface area (Å²) in [6, 6.07) is 5.56. The lowest BCUT2D eigenvalue weighted by molar-refractivity contribution is -0.137. The third-order valence-electron chi connectivity index (χ3n) is 6.72. The van der Waals surface area contributed by atoms with Gasteiger partial charge in [-0.3, -0.25) is 4.79 Å². The summed E-state index contributed by atoms with van der Waals surface area (Å²) in [7, 11) is 0. The third-order valence-corrected chi connectivity index (χ3v) is 6.72. The van der Waals surface area contributed by atoms with Crippen molar-refractivity contribution in [1.82, 2.24) is 5.32 Å². The Hall–Kier alpha value is -1.76. The van der Waals surface area contributed by atoms with E-state index in [2.05, 4.69) is 5.32 Å². The molecule has 3 fully saturated rings. The van der Waals surface area contributed by atoms with Gasteiger partial charge in [-0.05, 0) is 68.7 Å².